The summed E-state index contributed by atoms with van der Waals surface area (Å²) in [7, 11) is 0. The Morgan fingerprint density at radius 2 is 1.81 bits per heavy atom. The smallest absolute Gasteiger partial charge is 0.319 e. The average molecular weight is 363 g/mol. The lowest BCUT2D eigenvalue weighted by atomic mass is 10.2. The van der Waals surface area contributed by atoms with Crippen LogP contribution in [0.2, 0.25) is 0 Å². The van der Waals surface area contributed by atoms with Gasteiger partial charge in [-0.15, -0.1) is 0 Å². The number of nitrogens with zero attached hydrogens (tertiary/aromatic N) is 3. The van der Waals surface area contributed by atoms with Gasteiger partial charge >= 0.3 is 6.18 Å². The Balaban J connectivity index is 1.63. The molecule has 2 heterocycles. The van der Waals surface area contributed by atoms with E-state index in [1.165, 1.54) is 21.9 Å². The third-order valence-corrected chi connectivity index (χ3v) is 4.02. The van der Waals surface area contributed by atoms with E-state index in [-0.39, 0.29) is 31.2 Å². The van der Waals surface area contributed by atoms with Crippen molar-refractivity contribution in [3.8, 4) is 0 Å². The molecule has 0 unspecified atom stereocenters. The Labute approximate surface area is 148 Å². The Hall–Kier alpha value is -2.90. The molecular formula is C18H16F3N3O2. The van der Waals surface area contributed by atoms with Gasteiger partial charge in [0.25, 0.3) is 0 Å². The summed E-state index contributed by atoms with van der Waals surface area (Å²) >= 11 is 0. The maximum atomic E-state index is 12.7. The molecule has 26 heavy (non-hydrogen) atoms. The lowest BCUT2D eigenvalue weighted by Gasteiger charge is -2.18. The second-order valence-corrected chi connectivity index (χ2v) is 6.00. The molecule has 1 saturated heterocycles. The van der Waals surface area contributed by atoms with Crippen molar-refractivity contribution in [2.24, 2.45) is 0 Å². The van der Waals surface area contributed by atoms with Crippen LogP contribution in [0.4, 0.5) is 13.2 Å². The summed E-state index contributed by atoms with van der Waals surface area (Å²) in [5, 5.41) is 0. The fraction of sp³-hybridized carbons (Fsp3) is 0.278. The van der Waals surface area contributed by atoms with Gasteiger partial charge in [0.1, 0.15) is 12.2 Å². The molecule has 0 atom stereocenters. The monoisotopic (exact) mass is 363 g/mol. The van der Waals surface area contributed by atoms with Gasteiger partial charge in [-0.05, 0) is 17.7 Å². The number of hydrogen-bond acceptors (Lipinski definition) is 3. The lowest BCUT2D eigenvalue weighted by molar-refractivity contribution is -0.141. The second-order valence-electron chi connectivity index (χ2n) is 6.00. The van der Waals surface area contributed by atoms with Gasteiger partial charge in [-0.1, -0.05) is 36.4 Å². The zero-order chi connectivity index (χ0) is 18.7. The van der Waals surface area contributed by atoms with Crippen LogP contribution in [0.15, 0.2) is 48.5 Å². The van der Waals surface area contributed by atoms with Crippen molar-refractivity contribution in [2.45, 2.75) is 19.1 Å². The molecule has 136 valence electrons. The fourth-order valence-electron chi connectivity index (χ4n) is 2.71. The fourth-order valence-corrected chi connectivity index (χ4v) is 2.71. The van der Waals surface area contributed by atoms with E-state index in [9.17, 15) is 22.8 Å². The molecule has 0 N–H and O–H groups in total. The summed E-state index contributed by atoms with van der Waals surface area (Å²) < 4.78 is 38.1. The molecule has 1 aliphatic rings. The SMILES string of the molecule is O=C(Cc1cccc(C(F)(F)F)n1)N1CC(=O)N(Cc2ccccc2)C1. The average Bonchev–Trinajstić information content (AvgIpc) is 2.96. The van der Waals surface area contributed by atoms with Crippen molar-refractivity contribution in [2.75, 3.05) is 13.2 Å². The number of amides is 2. The van der Waals surface area contributed by atoms with E-state index in [1.807, 2.05) is 30.3 Å². The van der Waals surface area contributed by atoms with Gasteiger partial charge in [0, 0.05) is 6.54 Å². The molecule has 0 spiro atoms. The maximum absolute atomic E-state index is 12.7. The molecule has 1 aliphatic heterocycles. The molecule has 0 saturated carbocycles. The van der Waals surface area contributed by atoms with Crippen LogP contribution in [-0.4, -0.2) is 39.8 Å². The highest BCUT2D eigenvalue weighted by molar-refractivity contribution is 5.88. The van der Waals surface area contributed by atoms with Gasteiger partial charge in [0.05, 0.1) is 18.8 Å². The van der Waals surface area contributed by atoms with E-state index in [0.717, 1.165) is 11.6 Å². The zero-order valence-electron chi connectivity index (χ0n) is 13.7. The van der Waals surface area contributed by atoms with Crippen LogP contribution in [0.3, 0.4) is 0 Å². The molecule has 1 aromatic heterocycles. The number of pyridine rings is 1. The first-order chi connectivity index (χ1) is 12.3. The summed E-state index contributed by atoms with van der Waals surface area (Å²) in [6, 6.07) is 12.8. The maximum Gasteiger partial charge on any atom is 0.433 e. The number of rotatable bonds is 4. The van der Waals surface area contributed by atoms with Crippen molar-refractivity contribution in [3.63, 3.8) is 0 Å². The minimum absolute atomic E-state index is 0.0267. The highest BCUT2D eigenvalue weighted by Crippen LogP contribution is 2.27. The normalized spacial score (nSPS) is 14.8. The van der Waals surface area contributed by atoms with E-state index in [1.54, 1.807) is 0 Å². The van der Waals surface area contributed by atoms with Crippen molar-refractivity contribution in [1.29, 1.82) is 0 Å². The minimum atomic E-state index is -4.56. The molecule has 3 rings (SSSR count). The molecular weight excluding hydrogens is 347 g/mol. The van der Waals surface area contributed by atoms with Gasteiger partial charge in [-0.25, -0.2) is 4.98 Å². The summed E-state index contributed by atoms with van der Waals surface area (Å²) in [4.78, 5) is 30.8. The van der Waals surface area contributed by atoms with Gasteiger partial charge in [-0.3, -0.25) is 9.59 Å². The third kappa shape index (κ3) is 4.19. The first kappa shape index (κ1) is 17.9. The number of halogens is 3. The largest absolute Gasteiger partial charge is 0.433 e. The van der Waals surface area contributed by atoms with E-state index in [4.69, 9.17) is 0 Å². The van der Waals surface area contributed by atoms with E-state index in [0.29, 0.717) is 6.54 Å². The van der Waals surface area contributed by atoms with E-state index >= 15 is 0 Å². The molecule has 1 aromatic carbocycles. The molecule has 2 amide bonds. The van der Waals surface area contributed by atoms with Crippen LogP contribution in [0.1, 0.15) is 17.0 Å². The predicted octanol–water partition coefficient (Wildman–Crippen LogP) is 2.47. The number of aromatic nitrogens is 1. The first-order valence-corrected chi connectivity index (χ1v) is 7.95. The molecule has 0 aliphatic carbocycles. The lowest BCUT2D eigenvalue weighted by Crippen LogP contribution is -2.32. The topological polar surface area (TPSA) is 53.5 Å². The predicted molar refractivity (Wildman–Crippen MR) is 86.5 cm³/mol. The Bertz CT molecular complexity index is 809. The van der Waals surface area contributed by atoms with E-state index in [2.05, 4.69) is 4.98 Å². The van der Waals surface area contributed by atoms with Crippen molar-refractivity contribution < 1.29 is 22.8 Å². The number of benzene rings is 1. The number of hydrogen-bond donors (Lipinski definition) is 0. The van der Waals surface area contributed by atoms with Gasteiger partial charge in [0.2, 0.25) is 11.8 Å². The zero-order valence-corrected chi connectivity index (χ0v) is 13.7. The molecule has 1 fully saturated rings. The Kier molecular flexibility index (Phi) is 4.92. The molecule has 2 aromatic rings. The molecule has 8 heteroatoms. The summed E-state index contributed by atoms with van der Waals surface area (Å²) in [5.41, 5.74) is -0.0699. The highest BCUT2D eigenvalue weighted by atomic mass is 19.4. The first-order valence-electron chi connectivity index (χ1n) is 7.95. The van der Waals surface area contributed by atoms with Gasteiger partial charge in [-0.2, -0.15) is 13.2 Å². The number of carbonyl (C=O) groups excluding carboxylic acids is 2. The standard InChI is InChI=1S/C18H16F3N3O2/c19-18(20,21)15-8-4-7-14(22-15)9-16(25)24-11-17(26)23(12-24)10-13-5-2-1-3-6-13/h1-8H,9-12H2. The van der Waals surface area contributed by atoms with Crippen LogP contribution >= 0.6 is 0 Å². The third-order valence-electron chi connectivity index (χ3n) is 4.02. The Morgan fingerprint density at radius 3 is 2.50 bits per heavy atom. The minimum Gasteiger partial charge on any atom is -0.319 e. The molecule has 5 nitrogen and oxygen atoms in total. The van der Waals surface area contributed by atoms with Crippen LogP contribution in [0.5, 0.6) is 0 Å². The summed E-state index contributed by atoms with van der Waals surface area (Å²) in [6.45, 7) is 0.418. The quantitative estimate of drug-likeness (QED) is 0.839. The van der Waals surface area contributed by atoms with Crippen LogP contribution < -0.4 is 0 Å². The molecule has 0 radical (unpaired) electrons. The van der Waals surface area contributed by atoms with Gasteiger partial charge in [0.15, 0.2) is 0 Å². The van der Waals surface area contributed by atoms with Crippen molar-refractivity contribution >= 4 is 11.8 Å². The van der Waals surface area contributed by atoms with Crippen molar-refractivity contribution in [3.05, 3.63) is 65.5 Å². The van der Waals surface area contributed by atoms with Crippen molar-refractivity contribution in [1.82, 2.24) is 14.8 Å². The summed E-state index contributed by atoms with van der Waals surface area (Å²) in [6.07, 6.45) is -4.84. The number of carbonyl (C=O) groups is 2. The van der Waals surface area contributed by atoms with E-state index < -0.39 is 17.8 Å². The second kappa shape index (κ2) is 7.15. The van der Waals surface area contributed by atoms with Crippen LogP contribution in [0.25, 0.3) is 0 Å². The molecule has 0 bridgehead atoms. The number of alkyl halides is 3. The summed E-state index contributed by atoms with van der Waals surface area (Å²) in [5.74, 6) is -0.625. The Morgan fingerprint density at radius 1 is 1.08 bits per heavy atom. The van der Waals surface area contributed by atoms with Crippen LogP contribution in [0, 0.1) is 0 Å². The van der Waals surface area contributed by atoms with Gasteiger partial charge < -0.3 is 9.80 Å². The highest BCUT2D eigenvalue weighted by Gasteiger charge is 2.33. The van der Waals surface area contributed by atoms with Crippen LogP contribution in [-0.2, 0) is 28.7 Å².